The lowest BCUT2D eigenvalue weighted by molar-refractivity contribution is -0.118. The fourth-order valence-electron chi connectivity index (χ4n) is 3.60. The van der Waals surface area contributed by atoms with E-state index in [0.717, 1.165) is 21.9 Å². The van der Waals surface area contributed by atoms with Gasteiger partial charge in [-0.3, -0.25) is 9.78 Å². The van der Waals surface area contributed by atoms with Gasteiger partial charge in [0.15, 0.2) is 0 Å². The molecule has 3 aromatic rings. The molecule has 1 aliphatic heterocycles. The summed E-state index contributed by atoms with van der Waals surface area (Å²) in [6, 6.07) is 13.0. The summed E-state index contributed by atoms with van der Waals surface area (Å²) >= 11 is 6.18. The number of hydrogen-bond donors (Lipinski definition) is 2. The van der Waals surface area contributed by atoms with E-state index in [2.05, 4.69) is 15.6 Å². The third kappa shape index (κ3) is 3.39. The van der Waals surface area contributed by atoms with E-state index in [4.69, 9.17) is 11.6 Å². The topological polar surface area (TPSA) is 74.3 Å². The van der Waals surface area contributed by atoms with Crippen LogP contribution in [0, 0.1) is 0 Å². The molecule has 2 aromatic carbocycles. The first-order valence-electron chi connectivity index (χ1n) is 8.95. The van der Waals surface area contributed by atoms with Crippen molar-refractivity contribution >= 4 is 40.0 Å². The number of aromatic nitrogens is 1. The van der Waals surface area contributed by atoms with E-state index in [0.29, 0.717) is 17.3 Å². The van der Waals surface area contributed by atoms with Gasteiger partial charge in [0.1, 0.15) is 0 Å². The number of urea groups is 1. The van der Waals surface area contributed by atoms with Crippen LogP contribution in [0.5, 0.6) is 0 Å². The van der Waals surface area contributed by atoms with Crippen LogP contribution < -0.4 is 10.6 Å². The Morgan fingerprint density at radius 3 is 2.82 bits per heavy atom. The van der Waals surface area contributed by atoms with Gasteiger partial charge in [-0.05, 0) is 23.3 Å². The molecular formula is C21H19ClN4O2. The van der Waals surface area contributed by atoms with Crippen LogP contribution in [0.4, 0.5) is 10.5 Å². The van der Waals surface area contributed by atoms with Gasteiger partial charge in [-0.15, -0.1) is 0 Å². The van der Waals surface area contributed by atoms with Crippen molar-refractivity contribution in [3.63, 3.8) is 0 Å². The maximum atomic E-state index is 13.2. The first-order valence-corrected chi connectivity index (χ1v) is 9.33. The second-order valence-electron chi connectivity index (χ2n) is 6.73. The van der Waals surface area contributed by atoms with Gasteiger partial charge in [0.2, 0.25) is 5.91 Å². The zero-order valence-electron chi connectivity index (χ0n) is 15.3. The number of nitrogens with zero attached hydrogens (tertiary/aromatic N) is 2. The summed E-state index contributed by atoms with van der Waals surface area (Å²) in [5.41, 5.74) is 2.40. The summed E-state index contributed by atoms with van der Waals surface area (Å²) < 4.78 is 0. The standard InChI is InChI=1S/C21H19ClN4O2/c1-23-21(28)26-11-14-6-7-15(22)8-17(14)18(12-26)20(27)25-19-10-24-9-13-4-2-3-5-16(13)19/h2-10,18H,11-12H2,1H3,(H,23,28)(H,25,27). The number of rotatable bonds is 2. The molecule has 1 unspecified atom stereocenters. The van der Waals surface area contributed by atoms with Crippen LogP contribution in [-0.2, 0) is 11.3 Å². The fourth-order valence-corrected chi connectivity index (χ4v) is 3.78. The van der Waals surface area contributed by atoms with Crippen LogP contribution in [0.2, 0.25) is 5.02 Å². The van der Waals surface area contributed by atoms with Crippen molar-refractivity contribution in [2.24, 2.45) is 0 Å². The van der Waals surface area contributed by atoms with Gasteiger partial charge in [-0.1, -0.05) is 41.9 Å². The Bertz CT molecular complexity index is 1060. The molecule has 2 N–H and O–H groups in total. The number of carbonyl (C=O) groups is 2. The maximum absolute atomic E-state index is 13.2. The van der Waals surface area contributed by atoms with Crippen LogP contribution in [0.25, 0.3) is 10.8 Å². The maximum Gasteiger partial charge on any atom is 0.317 e. The normalized spacial score (nSPS) is 15.8. The molecule has 28 heavy (non-hydrogen) atoms. The average molecular weight is 395 g/mol. The van der Waals surface area contributed by atoms with E-state index in [9.17, 15) is 9.59 Å². The third-order valence-electron chi connectivity index (χ3n) is 4.99. The van der Waals surface area contributed by atoms with Crippen molar-refractivity contribution in [3.05, 3.63) is 71.0 Å². The SMILES string of the molecule is CNC(=O)N1Cc2ccc(Cl)cc2C(C(=O)Nc2cncc3ccccc23)C1. The van der Waals surface area contributed by atoms with Gasteiger partial charge in [0, 0.05) is 42.1 Å². The summed E-state index contributed by atoms with van der Waals surface area (Å²) in [7, 11) is 1.58. The predicted octanol–water partition coefficient (Wildman–Crippen LogP) is 3.77. The molecule has 6 nitrogen and oxygen atoms in total. The zero-order chi connectivity index (χ0) is 19.7. The summed E-state index contributed by atoms with van der Waals surface area (Å²) in [5, 5.41) is 8.04. The Labute approximate surface area is 167 Å². The molecule has 0 radical (unpaired) electrons. The number of carbonyl (C=O) groups excluding carboxylic acids is 2. The van der Waals surface area contributed by atoms with Crippen molar-refractivity contribution in [1.29, 1.82) is 0 Å². The Morgan fingerprint density at radius 2 is 2.00 bits per heavy atom. The lowest BCUT2D eigenvalue weighted by Gasteiger charge is -2.34. The van der Waals surface area contributed by atoms with Gasteiger partial charge in [0.05, 0.1) is 17.8 Å². The molecule has 1 atom stereocenters. The molecule has 4 rings (SSSR count). The number of benzene rings is 2. The number of halogens is 1. The summed E-state index contributed by atoms with van der Waals surface area (Å²) in [6.07, 6.45) is 3.40. The molecule has 0 saturated carbocycles. The number of pyridine rings is 1. The summed E-state index contributed by atoms with van der Waals surface area (Å²) in [5.74, 6) is -0.728. The van der Waals surface area contributed by atoms with E-state index in [1.807, 2.05) is 36.4 Å². The molecule has 0 fully saturated rings. The molecule has 142 valence electrons. The van der Waals surface area contributed by atoms with Crippen LogP contribution in [0.3, 0.4) is 0 Å². The van der Waals surface area contributed by atoms with E-state index in [-0.39, 0.29) is 18.5 Å². The highest BCUT2D eigenvalue weighted by Gasteiger charge is 2.33. The Hall–Kier alpha value is -3.12. The van der Waals surface area contributed by atoms with Gasteiger partial charge in [-0.2, -0.15) is 0 Å². The first-order chi connectivity index (χ1) is 13.6. The van der Waals surface area contributed by atoms with Gasteiger partial charge < -0.3 is 15.5 Å². The number of nitrogens with one attached hydrogen (secondary N) is 2. The highest BCUT2D eigenvalue weighted by atomic mass is 35.5. The van der Waals surface area contributed by atoms with Crippen LogP contribution >= 0.6 is 11.6 Å². The largest absolute Gasteiger partial charge is 0.341 e. The van der Waals surface area contributed by atoms with Crippen molar-refractivity contribution in [1.82, 2.24) is 15.2 Å². The first kappa shape index (κ1) is 18.3. The van der Waals surface area contributed by atoms with Crippen LogP contribution in [0.15, 0.2) is 54.9 Å². The second-order valence-corrected chi connectivity index (χ2v) is 7.17. The van der Waals surface area contributed by atoms with Gasteiger partial charge in [0.25, 0.3) is 0 Å². The summed E-state index contributed by atoms with van der Waals surface area (Å²) in [6.45, 7) is 0.711. The molecule has 2 heterocycles. The quantitative estimate of drug-likeness (QED) is 0.694. The van der Waals surface area contributed by atoms with Crippen molar-refractivity contribution in [2.45, 2.75) is 12.5 Å². The Morgan fingerprint density at radius 1 is 1.18 bits per heavy atom. The second kappa shape index (κ2) is 7.48. The highest BCUT2D eigenvalue weighted by Crippen LogP contribution is 2.32. The highest BCUT2D eigenvalue weighted by molar-refractivity contribution is 6.30. The zero-order valence-corrected chi connectivity index (χ0v) is 16.0. The number of anilines is 1. The summed E-state index contributed by atoms with van der Waals surface area (Å²) in [4.78, 5) is 31.2. The molecule has 0 spiro atoms. The molecule has 3 amide bonds. The third-order valence-corrected chi connectivity index (χ3v) is 5.23. The average Bonchev–Trinajstić information content (AvgIpc) is 2.72. The van der Waals surface area contributed by atoms with E-state index in [1.54, 1.807) is 30.4 Å². The van der Waals surface area contributed by atoms with Crippen molar-refractivity contribution in [2.75, 3.05) is 18.9 Å². The minimum atomic E-state index is -0.529. The Balaban J connectivity index is 1.69. The van der Waals surface area contributed by atoms with Crippen molar-refractivity contribution in [3.8, 4) is 0 Å². The molecule has 0 saturated heterocycles. The smallest absolute Gasteiger partial charge is 0.317 e. The van der Waals surface area contributed by atoms with E-state index >= 15 is 0 Å². The lowest BCUT2D eigenvalue weighted by atomic mass is 9.89. The molecule has 0 bridgehead atoms. The van der Waals surface area contributed by atoms with Gasteiger partial charge >= 0.3 is 6.03 Å². The molecular weight excluding hydrogens is 376 g/mol. The van der Waals surface area contributed by atoms with E-state index < -0.39 is 5.92 Å². The molecule has 1 aromatic heterocycles. The molecule has 7 heteroatoms. The number of hydrogen-bond acceptors (Lipinski definition) is 3. The molecule has 1 aliphatic rings. The predicted molar refractivity (Wildman–Crippen MR) is 109 cm³/mol. The monoisotopic (exact) mass is 394 g/mol. The minimum absolute atomic E-state index is 0.199. The van der Waals surface area contributed by atoms with Crippen LogP contribution in [0.1, 0.15) is 17.0 Å². The molecule has 0 aliphatic carbocycles. The minimum Gasteiger partial charge on any atom is -0.341 e. The fraction of sp³-hybridized carbons (Fsp3) is 0.190. The van der Waals surface area contributed by atoms with E-state index in [1.165, 1.54) is 0 Å². The lowest BCUT2D eigenvalue weighted by Crippen LogP contribution is -2.45. The van der Waals surface area contributed by atoms with Gasteiger partial charge in [-0.25, -0.2) is 4.79 Å². The number of amides is 3. The van der Waals surface area contributed by atoms with Crippen molar-refractivity contribution < 1.29 is 9.59 Å². The van der Waals surface area contributed by atoms with Crippen LogP contribution in [-0.4, -0.2) is 35.4 Å². The Kier molecular flexibility index (Phi) is 4.88. The number of fused-ring (bicyclic) bond motifs is 2.